The Balaban J connectivity index is 2.92. The summed E-state index contributed by atoms with van der Waals surface area (Å²) in [5, 5.41) is 1.35. The quantitative estimate of drug-likeness (QED) is 0.599. The Morgan fingerprint density at radius 3 is 2.72 bits per heavy atom. The van der Waals surface area contributed by atoms with Crippen molar-refractivity contribution in [3.63, 3.8) is 0 Å². The Kier molecular flexibility index (Phi) is 4.98. The zero-order chi connectivity index (χ0) is 13.5. The summed E-state index contributed by atoms with van der Waals surface area (Å²) in [6.07, 6.45) is 0.858. The van der Waals surface area contributed by atoms with E-state index in [-0.39, 0.29) is 6.54 Å². The summed E-state index contributed by atoms with van der Waals surface area (Å²) in [5.74, 6) is -0.467. The van der Waals surface area contributed by atoms with Crippen molar-refractivity contribution in [1.82, 2.24) is 5.43 Å². The third kappa shape index (κ3) is 3.97. The summed E-state index contributed by atoms with van der Waals surface area (Å²) < 4.78 is 4.57. The molecule has 0 spiro atoms. The highest BCUT2D eigenvalue weighted by Crippen LogP contribution is 2.15. The number of nitrogens with two attached hydrogens (primary N) is 1. The number of ether oxygens (including phenoxy) is 1. The molecule has 0 aliphatic heterocycles. The number of carbonyl (C=O) groups is 2. The SMILES string of the molecule is CCc1cccc(N(CC(=O)OC)NC(N)=O)c1. The number of anilines is 1. The van der Waals surface area contributed by atoms with Crippen LogP contribution in [0, 0.1) is 0 Å². The topological polar surface area (TPSA) is 84.7 Å². The van der Waals surface area contributed by atoms with Gasteiger partial charge >= 0.3 is 12.0 Å². The Bertz CT molecular complexity index is 434. The van der Waals surface area contributed by atoms with Gasteiger partial charge in [0.25, 0.3) is 0 Å². The maximum Gasteiger partial charge on any atom is 0.330 e. The molecular formula is C12H17N3O3. The number of hydrazine groups is 1. The third-order valence-electron chi connectivity index (χ3n) is 2.39. The predicted molar refractivity (Wildman–Crippen MR) is 67.9 cm³/mol. The number of esters is 1. The number of benzene rings is 1. The molecule has 6 nitrogen and oxygen atoms in total. The molecule has 1 aromatic carbocycles. The first-order valence-corrected chi connectivity index (χ1v) is 5.56. The lowest BCUT2D eigenvalue weighted by Crippen LogP contribution is -2.48. The molecular weight excluding hydrogens is 234 g/mol. The third-order valence-corrected chi connectivity index (χ3v) is 2.39. The zero-order valence-corrected chi connectivity index (χ0v) is 10.5. The normalized spacial score (nSPS) is 9.67. The number of hydrogen-bond donors (Lipinski definition) is 2. The summed E-state index contributed by atoms with van der Waals surface area (Å²) in [7, 11) is 1.28. The molecule has 0 unspecified atom stereocenters. The second kappa shape index (κ2) is 6.48. The number of nitrogens with zero attached hydrogens (tertiary/aromatic N) is 1. The zero-order valence-electron chi connectivity index (χ0n) is 10.5. The summed E-state index contributed by atoms with van der Waals surface area (Å²) in [6.45, 7) is 1.91. The largest absolute Gasteiger partial charge is 0.468 e. The minimum absolute atomic E-state index is 0.105. The van der Waals surface area contributed by atoms with Gasteiger partial charge in [-0.1, -0.05) is 19.1 Å². The van der Waals surface area contributed by atoms with Crippen molar-refractivity contribution in [2.45, 2.75) is 13.3 Å². The lowest BCUT2D eigenvalue weighted by Gasteiger charge is -2.23. The smallest absolute Gasteiger partial charge is 0.330 e. The molecule has 1 rings (SSSR count). The van der Waals surface area contributed by atoms with Crippen molar-refractivity contribution < 1.29 is 14.3 Å². The van der Waals surface area contributed by atoms with Crippen LogP contribution in [0.5, 0.6) is 0 Å². The number of methoxy groups -OCH3 is 1. The Labute approximate surface area is 106 Å². The summed E-state index contributed by atoms with van der Waals surface area (Å²) >= 11 is 0. The van der Waals surface area contributed by atoms with Gasteiger partial charge in [-0.3, -0.25) is 9.80 Å². The van der Waals surface area contributed by atoms with E-state index >= 15 is 0 Å². The van der Waals surface area contributed by atoms with Crippen molar-refractivity contribution in [3.8, 4) is 0 Å². The molecule has 98 valence electrons. The first-order chi connectivity index (χ1) is 8.56. The average Bonchev–Trinajstić information content (AvgIpc) is 2.37. The van der Waals surface area contributed by atoms with E-state index in [1.54, 1.807) is 6.07 Å². The minimum atomic E-state index is -0.735. The number of rotatable bonds is 5. The minimum Gasteiger partial charge on any atom is -0.468 e. The second-order valence-corrected chi connectivity index (χ2v) is 3.66. The molecule has 6 heteroatoms. The highest BCUT2D eigenvalue weighted by molar-refractivity contribution is 5.79. The average molecular weight is 251 g/mol. The molecule has 0 atom stereocenters. The molecule has 0 radical (unpaired) electrons. The molecule has 3 N–H and O–H groups in total. The number of carbonyl (C=O) groups excluding carboxylic acids is 2. The van der Waals surface area contributed by atoms with E-state index in [1.165, 1.54) is 12.1 Å². The maximum absolute atomic E-state index is 11.3. The van der Waals surface area contributed by atoms with Crippen molar-refractivity contribution in [3.05, 3.63) is 29.8 Å². The van der Waals surface area contributed by atoms with E-state index < -0.39 is 12.0 Å². The number of hydrogen-bond acceptors (Lipinski definition) is 4. The summed E-state index contributed by atoms with van der Waals surface area (Å²) in [4.78, 5) is 22.2. The maximum atomic E-state index is 11.3. The fourth-order valence-corrected chi connectivity index (χ4v) is 1.47. The molecule has 0 bridgehead atoms. The standard InChI is InChI=1S/C12H17N3O3/c1-3-9-5-4-6-10(7-9)15(14-12(13)17)8-11(16)18-2/h4-7H,3,8H2,1-2H3,(H3,13,14,17). The molecule has 0 aliphatic carbocycles. The van der Waals surface area contributed by atoms with Gasteiger partial charge in [0.1, 0.15) is 6.54 Å². The lowest BCUT2D eigenvalue weighted by molar-refractivity contribution is -0.139. The molecule has 0 aromatic heterocycles. The van der Waals surface area contributed by atoms with E-state index in [2.05, 4.69) is 10.2 Å². The Morgan fingerprint density at radius 1 is 1.44 bits per heavy atom. The molecule has 2 amide bonds. The van der Waals surface area contributed by atoms with Crippen LogP contribution < -0.4 is 16.2 Å². The summed E-state index contributed by atoms with van der Waals surface area (Å²) in [6, 6.07) is 6.73. The molecule has 0 heterocycles. The molecule has 0 saturated heterocycles. The monoisotopic (exact) mass is 251 g/mol. The van der Waals surface area contributed by atoms with Crippen molar-refractivity contribution in [1.29, 1.82) is 0 Å². The van der Waals surface area contributed by atoms with Gasteiger partial charge in [-0.25, -0.2) is 10.2 Å². The number of urea groups is 1. The van der Waals surface area contributed by atoms with Crippen LogP contribution >= 0.6 is 0 Å². The van der Waals surface area contributed by atoms with Gasteiger partial charge in [-0.05, 0) is 24.1 Å². The molecule has 1 aromatic rings. The first-order valence-electron chi connectivity index (χ1n) is 5.56. The van der Waals surface area contributed by atoms with Crippen LogP contribution in [-0.2, 0) is 16.0 Å². The van der Waals surface area contributed by atoms with Crippen molar-refractivity contribution >= 4 is 17.7 Å². The van der Waals surface area contributed by atoms with Gasteiger partial charge in [0.2, 0.25) is 0 Å². The number of nitrogens with one attached hydrogen (secondary N) is 1. The molecule has 18 heavy (non-hydrogen) atoms. The van der Waals surface area contributed by atoms with Crippen LogP contribution in [0.2, 0.25) is 0 Å². The predicted octanol–water partition coefficient (Wildman–Crippen LogP) is 0.812. The van der Waals surface area contributed by atoms with E-state index in [9.17, 15) is 9.59 Å². The molecule has 0 saturated carbocycles. The Hall–Kier alpha value is -2.24. The van der Waals surface area contributed by atoms with Crippen LogP contribution in [0.25, 0.3) is 0 Å². The molecule has 0 fully saturated rings. The number of amides is 2. The van der Waals surface area contributed by atoms with Crippen LogP contribution in [0.15, 0.2) is 24.3 Å². The van der Waals surface area contributed by atoms with Gasteiger partial charge in [0.05, 0.1) is 12.8 Å². The van der Waals surface area contributed by atoms with Crippen LogP contribution in [0.3, 0.4) is 0 Å². The van der Waals surface area contributed by atoms with E-state index in [0.29, 0.717) is 5.69 Å². The van der Waals surface area contributed by atoms with Crippen LogP contribution in [-0.4, -0.2) is 25.7 Å². The van der Waals surface area contributed by atoms with Crippen LogP contribution in [0.1, 0.15) is 12.5 Å². The highest BCUT2D eigenvalue weighted by Gasteiger charge is 2.13. The Morgan fingerprint density at radius 2 is 2.17 bits per heavy atom. The van der Waals surface area contributed by atoms with E-state index in [4.69, 9.17) is 5.73 Å². The first kappa shape index (κ1) is 13.8. The van der Waals surface area contributed by atoms with Crippen molar-refractivity contribution in [2.24, 2.45) is 5.73 Å². The van der Waals surface area contributed by atoms with Gasteiger partial charge in [0.15, 0.2) is 0 Å². The van der Waals surface area contributed by atoms with Crippen LogP contribution in [0.4, 0.5) is 10.5 Å². The van der Waals surface area contributed by atoms with Crippen molar-refractivity contribution in [2.75, 3.05) is 18.7 Å². The van der Waals surface area contributed by atoms with E-state index in [1.807, 2.05) is 25.1 Å². The number of aryl methyl sites for hydroxylation is 1. The van der Waals surface area contributed by atoms with E-state index in [0.717, 1.165) is 12.0 Å². The van der Waals surface area contributed by atoms with Gasteiger partial charge in [-0.2, -0.15) is 0 Å². The summed E-state index contributed by atoms with van der Waals surface area (Å²) in [5.41, 5.74) is 9.23. The number of primary amides is 1. The highest BCUT2D eigenvalue weighted by atomic mass is 16.5. The van der Waals surface area contributed by atoms with Gasteiger partial charge < -0.3 is 10.5 Å². The fourth-order valence-electron chi connectivity index (χ4n) is 1.47. The lowest BCUT2D eigenvalue weighted by atomic mass is 10.1. The second-order valence-electron chi connectivity index (χ2n) is 3.66. The molecule has 0 aliphatic rings. The van der Waals surface area contributed by atoms with Gasteiger partial charge in [-0.15, -0.1) is 0 Å². The van der Waals surface area contributed by atoms with Gasteiger partial charge in [0, 0.05) is 0 Å². The fraction of sp³-hybridized carbons (Fsp3) is 0.333.